The molecule has 0 aliphatic rings. The van der Waals surface area contributed by atoms with E-state index in [1.54, 1.807) is 45.6 Å². The van der Waals surface area contributed by atoms with Gasteiger partial charge in [-0.1, -0.05) is 165 Å². The number of allylic oxidation sites excluding steroid dienone is 19. The molecule has 0 aliphatic heterocycles. The van der Waals surface area contributed by atoms with Gasteiger partial charge in [0.1, 0.15) is 6.61 Å². The maximum absolute atomic E-state index is 14.4. The Labute approximate surface area is 488 Å². The second-order valence-electron chi connectivity index (χ2n) is 22.5. The van der Waals surface area contributed by atoms with Gasteiger partial charge in [0.25, 0.3) is 0 Å². The fourth-order valence-electron chi connectivity index (χ4n) is 9.82. The summed E-state index contributed by atoms with van der Waals surface area (Å²) in [5.74, 6) is 1.96. The Kier molecular flexibility index (Phi) is 32.5. The van der Waals surface area contributed by atoms with E-state index in [1.807, 2.05) is 56.3 Å². The van der Waals surface area contributed by atoms with E-state index in [0.717, 1.165) is 119 Å². The Morgan fingerprint density at radius 2 is 0.762 bits per heavy atom. The molecular weight excluding hydrogens is 1000 g/mol. The number of hydrogen-bond donors (Lipinski definition) is 0. The fourth-order valence-corrected chi connectivity index (χ4v) is 11.6. The Bertz CT molecular complexity index is 2790. The van der Waals surface area contributed by atoms with Gasteiger partial charge in [0.05, 0.1) is 31.5 Å². The van der Waals surface area contributed by atoms with Crippen molar-refractivity contribution in [3.8, 4) is 23.0 Å². The first-order valence-electron chi connectivity index (χ1n) is 29.6. The molecule has 80 heavy (non-hydrogen) atoms. The number of benzene rings is 3. The van der Waals surface area contributed by atoms with Gasteiger partial charge >= 0.3 is 0 Å². The summed E-state index contributed by atoms with van der Waals surface area (Å²) in [6.07, 6.45) is 41.7. The topological polar surface area (TPSA) is 71.1 Å². The lowest BCUT2D eigenvalue weighted by Gasteiger charge is -2.23. The Balaban J connectivity index is 1.49. The Morgan fingerprint density at radius 1 is 0.425 bits per heavy atom. The van der Waals surface area contributed by atoms with Crippen LogP contribution in [0.25, 0.3) is 0 Å². The highest BCUT2D eigenvalue weighted by Crippen LogP contribution is 2.50. The third-order valence-corrected chi connectivity index (χ3v) is 17.3. The van der Waals surface area contributed by atoms with E-state index in [1.165, 1.54) is 56.6 Å². The molecular formula is C73H104O6S. The molecule has 7 heteroatoms. The molecule has 0 aliphatic carbocycles. The lowest BCUT2D eigenvalue weighted by Crippen LogP contribution is -2.22. The van der Waals surface area contributed by atoms with Gasteiger partial charge < -0.3 is 18.9 Å². The summed E-state index contributed by atoms with van der Waals surface area (Å²) < 4.78 is 52.8. The van der Waals surface area contributed by atoms with Gasteiger partial charge in [-0.3, -0.25) is 0 Å². The minimum atomic E-state index is -3.72. The molecule has 0 aromatic heterocycles. The molecule has 0 saturated heterocycles. The third-order valence-electron chi connectivity index (χ3n) is 15.1. The summed E-state index contributed by atoms with van der Waals surface area (Å²) in [6, 6.07) is 18.7. The van der Waals surface area contributed by atoms with Crippen molar-refractivity contribution in [2.24, 2.45) is 0 Å². The van der Waals surface area contributed by atoms with E-state index in [2.05, 4.69) is 124 Å². The van der Waals surface area contributed by atoms with Crippen molar-refractivity contribution >= 4 is 9.84 Å². The lowest BCUT2D eigenvalue weighted by atomic mass is 9.98. The predicted octanol–water partition coefficient (Wildman–Crippen LogP) is 21.1. The van der Waals surface area contributed by atoms with Crippen LogP contribution in [0.3, 0.4) is 0 Å². The number of methoxy groups -OCH3 is 3. The molecule has 0 saturated carbocycles. The zero-order valence-electron chi connectivity index (χ0n) is 52.4. The zero-order valence-corrected chi connectivity index (χ0v) is 53.2. The van der Waals surface area contributed by atoms with Crippen LogP contribution in [0, 0.1) is 6.92 Å². The van der Waals surface area contributed by atoms with Crippen molar-refractivity contribution in [3.63, 3.8) is 0 Å². The lowest BCUT2D eigenvalue weighted by molar-refractivity contribution is 0.267. The van der Waals surface area contributed by atoms with Crippen LogP contribution in [0.2, 0.25) is 0 Å². The molecule has 0 bridgehead atoms. The average Bonchev–Trinajstić information content (AvgIpc) is 3.43. The van der Waals surface area contributed by atoms with Crippen molar-refractivity contribution in [1.82, 2.24) is 0 Å². The highest BCUT2D eigenvalue weighted by Gasteiger charge is 2.29. The molecule has 3 aromatic rings. The molecule has 0 spiro atoms. The quantitative estimate of drug-likeness (QED) is 0.0536. The average molecular weight is 1110 g/mol. The van der Waals surface area contributed by atoms with Crippen molar-refractivity contribution in [1.29, 1.82) is 0 Å². The Morgan fingerprint density at radius 3 is 1.12 bits per heavy atom. The summed E-state index contributed by atoms with van der Waals surface area (Å²) in [4.78, 5) is 0.314. The van der Waals surface area contributed by atoms with Crippen LogP contribution in [0.15, 0.2) is 182 Å². The SMILES string of the molecule is COc1c(C/C=C(\C)C(C/C=C(\C)CC/C=C(\C)CC/C=C(\C)CC/C=C(\C)CC/C=C(\C)CC/C=C(\C)CC/C=C(\C)CC/C=C(\C)CCC=C(C)C)S(=O)(=O)c2ccccc2)c(C)c(OCc2ccccc2)c(OC)c1OC. The molecule has 1 unspecified atom stereocenters. The first-order valence-corrected chi connectivity index (χ1v) is 31.2. The maximum Gasteiger partial charge on any atom is 0.207 e. The first kappa shape index (κ1) is 68.5. The number of ether oxygens (including phenoxy) is 4. The largest absolute Gasteiger partial charge is 0.492 e. The normalized spacial score (nSPS) is 14.1. The third kappa shape index (κ3) is 25.8. The van der Waals surface area contributed by atoms with Crippen molar-refractivity contribution in [3.05, 3.63) is 194 Å². The molecule has 3 rings (SSSR count). The number of sulfone groups is 1. The van der Waals surface area contributed by atoms with Gasteiger partial charge in [0.2, 0.25) is 11.5 Å². The molecule has 3 aromatic carbocycles. The van der Waals surface area contributed by atoms with E-state index < -0.39 is 15.1 Å². The van der Waals surface area contributed by atoms with Crippen LogP contribution in [0.4, 0.5) is 0 Å². The second kappa shape index (κ2) is 38.0. The smallest absolute Gasteiger partial charge is 0.207 e. The monoisotopic (exact) mass is 1110 g/mol. The zero-order chi connectivity index (χ0) is 58.9. The van der Waals surface area contributed by atoms with Gasteiger partial charge in [0.15, 0.2) is 21.3 Å². The van der Waals surface area contributed by atoms with Crippen molar-refractivity contribution in [2.75, 3.05) is 21.3 Å². The van der Waals surface area contributed by atoms with E-state index in [-0.39, 0.29) is 0 Å². The molecule has 0 fully saturated rings. The Hall–Kier alpha value is -5.79. The van der Waals surface area contributed by atoms with Crippen LogP contribution in [0.5, 0.6) is 23.0 Å². The van der Waals surface area contributed by atoms with Gasteiger partial charge in [-0.05, 0) is 216 Å². The van der Waals surface area contributed by atoms with Crippen LogP contribution in [0.1, 0.15) is 202 Å². The van der Waals surface area contributed by atoms with E-state index in [0.29, 0.717) is 47.3 Å². The summed E-state index contributed by atoms with van der Waals surface area (Å²) in [6.45, 7) is 26.6. The molecule has 1 atom stereocenters. The van der Waals surface area contributed by atoms with E-state index in [4.69, 9.17) is 18.9 Å². The molecule has 6 nitrogen and oxygen atoms in total. The number of rotatable bonds is 37. The summed E-state index contributed by atoms with van der Waals surface area (Å²) >= 11 is 0. The van der Waals surface area contributed by atoms with E-state index >= 15 is 0 Å². The van der Waals surface area contributed by atoms with Gasteiger partial charge in [0, 0.05) is 11.1 Å². The summed E-state index contributed by atoms with van der Waals surface area (Å²) in [7, 11) is 1.05. The van der Waals surface area contributed by atoms with Crippen molar-refractivity contribution in [2.45, 2.75) is 215 Å². The van der Waals surface area contributed by atoms with Crippen LogP contribution >= 0.6 is 0 Å². The van der Waals surface area contributed by atoms with Gasteiger partial charge in [-0.2, -0.15) is 0 Å². The van der Waals surface area contributed by atoms with Crippen LogP contribution in [-0.4, -0.2) is 35.0 Å². The maximum atomic E-state index is 14.4. The fraction of sp³-hybridized carbons (Fsp3) is 0.479. The molecule has 0 heterocycles. The molecule has 438 valence electrons. The molecule has 0 N–H and O–H groups in total. The predicted molar refractivity (Wildman–Crippen MR) is 344 cm³/mol. The summed E-state index contributed by atoms with van der Waals surface area (Å²) in [5.41, 5.74) is 16.4. The van der Waals surface area contributed by atoms with E-state index in [9.17, 15) is 8.42 Å². The van der Waals surface area contributed by atoms with Gasteiger partial charge in [-0.25, -0.2) is 8.42 Å². The minimum absolute atomic E-state index is 0.314. The first-order chi connectivity index (χ1) is 38.3. The standard InChI is InChI=1S/C73H104O6S/c1-55(2)30-22-31-56(3)32-23-33-57(4)34-24-35-58(5)36-25-37-59(6)38-26-39-60(7)40-27-41-61(8)42-28-43-62(9)44-29-45-63(10)50-53-69(80(74,75)67-48-20-17-21-49-67)64(11)51-52-68-65(12)70(79-54-66-46-18-16-19-47-66)72(77-14)73(78-15)71(68)76-13/h16-21,30,32,34,36,38,40,42,44,46-51,69H,22-29,31,33,35,37,39,41,43,45,52-54H2,1-15H3/b56-32+,57-34+,58-36+,59-38+,60-40+,61-42+,62-44+,63-50+,64-51+. The summed E-state index contributed by atoms with van der Waals surface area (Å²) in [5, 5.41) is -0.755. The van der Waals surface area contributed by atoms with Crippen LogP contribution < -0.4 is 18.9 Å². The molecule has 0 amide bonds. The highest BCUT2D eigenvalue weighted by atomic mass is 32.2. The van der Waals surface area contributed by atoms with Gasteiger partial charge in [-0.15, -0.1) is 0 Å². The minimum Gasteiger partial charge on any atom is -0.492 e. The molecule has 0 radical (unpaired) electrons. The number of hydrogen-bond acceptors (Lipinski definition) is 6. The highest BCUT2D eigenvalue weighted by molar-refractivity contribution is 7.92. The van der Waals surface area contributed by atoms with Crippen molar-refractivity contribution < 1.29 is 27.4 Å². The second-order valence-corrected chi connectivity index (χ2v) is 24.7. The van der Waals surface area contributed by atoms with Crippen LogP contribution in [-0.2, 0) is 22.9 Å².